The summed E-state index contributed by atoms with van der Waals surface area (Å²) >= 11 is 0. The highest BCUT2D eigenvalue weighted by Gasteiger charge is 2.23. The zero-order valence-electron chi connectivity index (χ0n) is 14.3. The summed E-state index contributed by atoms with van der Waals surface area (Å²) in [5.74, 6) is -5.50. The minimum Gasteiger partial charge on any atom is -0.478 e. The second kappa shape index (κ2) is 6.56. The predicted octanol–water partition coefficient (Wildman–Crippen LogP) is 1.83. The zero-order valence-corrected chi connectivity index (χ0v) is 14.3. The van der Waals surface area contributed by atoms with E-state index in [-0.39, 0.29) is 44.8 Å². The molecule has 0 bridgehead atoms. The maximum atomic E-state index is 12.2. The molecule has 2 aromatic heterocycles. The lowest BCUT2D eigenvalue weighted by Crippen LogP contribution is -2.15. The van der Waals surface area contributed by atoms with Gasteiger partial charge < -0.3 is 24.9 Å². The first-order chi connectivity index (χ1) is 13.8. The molecule has 4 aromatic rings. The largest absolute Gasteiger partial charge is 0.478 e. The molecular weight excluding hydrogens is 384 g/mol. The van der Waals surface area contributed by atoms with Crippen LogP contribution in [-0.4, -0.2) is 54.0 Å². The number of nitrogens with zero attached hydrogens (tertiary/aromatic N) is 2. The molecule has 0 aliphatic carbocycles. The maximum absolute atomic E-state index is 12.2. The highest BCUT2D eigenvalue weighted by atomic mass is 16.6. The number of nitrogens with one attached hydrogen (secondary N) is 2. The van der Waals surface area contributed by atoms with E-state index in [0.29, 0.717) is 0 Å². The molecule has 11 heteroatoms. The lowest BCUT2D eigenvalue weighted by Gasteiger charge is -1.97. The van der Waals surface area contributed by atoms with Crippen LogP contribution in [0.1, 0.15) is 42.0 Å². The molecule has 0 saturated carbocycles. The predicted molar refractivity (Wildman–Crippen MR) is 95.9 cm³/mol. The average Bonchev–Trinajstić information content (AvgIpc) is 3.31. The molecule has 144 valence electrons. The summed E-state index contributed by atoms with van der Waals surface area (Å²) < 4.78 is 4.72. The van der Waals surface area contributed by atoms with Crippen LogP contribution in [0.25, 0.3) is 22.1 Å². The van der Waals surface area contributed by atoms with E-state index in [1.807, 2.05) is 0 Å². The molecule has 0 spiro atoms. The summed E-state index contributed by atoms with van der Waals surface area (Å²) in [5.41, 5.74) is 0.381. The summed E-state index contributed by atoms with van der Waals surface area (Å²) in [5, 5.41) is 18.4. The van der Waals surface area contributed by atoms with Gasteiger partial charge in [-0.3, -0.25) is 0 Å². The number of esters is 2. The van der Waals surface area contributed by atoms with Gasteiger partial charge in [-0.2, -0.15) is 0 Å². The van der Waals surface area contributed by atoms with Crippen LogP contribution < -0.4 is 0 Å². The molecule has 2 heterocycles. The number of aromatic amines is 2. The number of para-hydroxylation sites is 2. The number of hydrogen-bond donors (Lipinski definition) is 4. The van der Waals surface area contributed by atoms with Gasteiger partial charge in [0.05, 0.1) is 22.2 Å². The van der Waals surface area contributed by atoms with Gasteiger partial charge in [-0.05, 0) is 24.3 Å². The summed E-state index contributed by atoms with van der Waals surface area (Å²) in [6.07, 6.45) is 0. The van der Waals surface area contributed by atoms with Crippen molar-refractivity contribution in [3.8, 4) is 0 Å². The Balaban J connectivity index is 1.63. The van der Waals surface area contributed by atoms with Gasteiger partial charge in [-0.25, -0.2) is 29.1 Å². The van der Waals surface area contributed by atoms with E-state index in [9.17, 15) is 29.4 Å². The number of rotatable bonds is 4. The highest BCUT2D eigenvalue weighted by molar-refractivity contribution is 6.06. The van der Waals surface area contributed by atoms with Gasteiger partial charge >= 0.3 is 23.9 Å². The second-order valence-electron chi connectivity index (χ2n) is 5.86. The number of aromatic nitrogens is 4. The number of aromatic carboxylic acids is 2. The average molecular weight is 394 g/mol. The van der Waals surface area contributed by atoms with Crippen LogP contribution in [0, 0.1) is 0 Å². The topological polar surface area (TPSA) is 175 Å². The van der Waals surface area contributed by atoms with Gasteiger partial charge in [0.2, 0.25) is 11.6 Å². The smallest absolute Gasteiger partial charge is 0.382 e. The molecule has 0 atom stereocenters. The Bertz CT molecular complexity index is 1230. The van der Waals surface area contributed by atoms with Gasteiger partial charge in [-0.1, -0.05) is 12.1 Å². The minimum absolute atomic E-state index is 0.0363. The third kappa shape index (κ3) is 3.06. The van der Waals surface area contributed by atoms with Crippen molar-refractivity contribution in [2.75, 3.05) is 0 Å². The number of fused-ring (bicyclic) bond motifs is 2. The van der Waals surface area contributed by atoms with Crippen LogP contribution >= 0.6 is 0 Å². The van der Waals surface area contributed by atoms with E-state index in [4.69, 9.17) is 4.74 Å². The SMILES string of the molecule is O=C(OC(=O)c1nc2c(C(=O)O)cccc2[nH]1)c1nc2c(C(=O)O)cccc2[nH]1. The molecule has 4 rings (SSSR count). The van der Waals surface area contributed by atoms with E-state index in [1.54, 1.807) is 0 Å². The summed E-state index contributed by atoms with van der Waals surface area (Å²) in [6, 6.07) is 8.61. The standard InChI is InChI=1S/C18H10N4O7/c23-15(24)7-3-1-5-9-11(7)21-13(19-9)17(27)29-18(28)14-20-10-6-2-4-8(16(25)26)12(10)22-14/h1-6H,(H,19,21)(H,20,22)(H,23,24)(H,25,26). The Morgan fingerprint density at radius 2 is 1.14 bits per heavy atom. The van der Waals surface area contributed by atoms with Crippen molar-refractivity contribution in [2.45, 2.75) is 0 Å². The first kappa shape index (κ1) is 17.9. The van der Waals surface area contributed by atoms with E-state index < -0.39 is 23.9 Å². The van der Waals surface area contributed by atoms with Crippen LogP contribution in [0.5, 0.6) is 0 Å². The van der Waals surface area contributed by atoms with Gasteiger partial charge in [0.25, 0.3) is 0 Å². The molecule has 0 aliphatic heterocycles. The maximum Gasteiger partial charge on any atom is 0.382 e. The quantitative estimate of drug-likeness (QED) is 0.297. The summed E-state index contributed by atoms with van der Waals surface area (Å²) in [6.45, 7) is 0. The molecule has 29 heavy (non-hydrogen) atoms. The van der Waals surface area contributed by atoms with Crippen LogP contribution in [-0.2, 0) is 4.74 Å². The normalized spacial score (nSPS) is 10.9. The number of ether oxygens (including phenoxy) is 1. The Labute approximate surface area is 160 Å². The fraction of sp³-hybridized carbons (Fsp3) is 0. The van der Waals surface area contributed by atoms with Crippen molar-refractivity contribution in [3.05, 3.63) is 59.2 Å². The number of carbonyl (C=O) groups excluding carboxylic acids is 2. The molecule has 0 saturated heterocycles. The van der Waals surface area contributed by atoms with Gasteiger partial charge in [0.1, 0.15) is 11.0 Å². The number of carboxylic acids is 2. The Morgan fingerprint density at radius 1 is 0.724 bits per heavy atom. The molecule has 4 N–H and O–H groups in total. The number of benzene rings is 2. The van der Waals surface area contributed by atoms with E-state index in [2.05, 4.69) is 19.9 Å². The highest BCUT2D eigenvalue weighted by Crippen LogP contribution is 2.19. The number of imidazole rings is 2. The van der Waals surface area contributed by atoms with Gasteiger partial charge in [0.15, 0.2) is 0 Å². The molecule has 0 fully saturated rings. The van der Waals surface area contributed by atoms with Crippen molar-refractivity contribution in [1.82, 2.24) is 19.9 Å². The summed E-state index contributed by atoms with van der Waals surface area (Å²) in [4.78, 5) is 59.9. The van der Waals surface area contributed by atoms with Crippen LogP contribution in [0.2, 0.25) is 0 Å². The molecule has 2 aromatic carbocycles. The molecule has 0 unspecified atom stereocenters. The van der Waals surface area contributed by atoms with E-state index >= 15 is 0 Å². The second-order valence-corrected chi connectivity index (χ2v) is 5.86. The molecular formula is C18H10N4O7. The van der Waals surface area contributed by atoms with E-state index in [1.165, 1.54) is 36.4 Å². The van der Waals surface area contributed by atoms with Crippen LogP contribution in [0.15, 0.2) is 36.4 Å². The van der Waals surface area contributed by atoms with Crippen molar-refractivity contribution in [3.63, 3.8) is 0 Å². The van der Waals surface area contributed by atoms with Gasteiger partial charge in [-0.15, -0.1) is 0 Å². The number of H-pyrrole nitrogens is 2. The lowest BCUT2D eigenvalue weighted by molar-refractivity contribution is 0.0381. The number of carbonyl (C=O) groups is 4. The van der Waals surface area contributed by atoms with Gasteiger partial charge in [0, 0.05) is 0 Å². The van der Waals surface area contributed by atoms with Crippen molar-refractivity contribution in [1.29, 1.82) is 0 Å². The van der Waals surface area contributed by atoms with E-state index in [0.717, 1.165) is 0 Å². The first-order valence-electron chi connectivity index (χ1n) is 8.05. The molecule has 0 radical (unpaired) electrons. The zero-order chi connectivity index (χ0) is 20.7. The van der Waals surface area contributed by atoms with Crippen LogP contribution in [0.3, 0.4) is 0 Å². The summed E-state index contributed by atoms with van der Waals surface area (Å²) in [7, 11) is 0. The Morgan fingerprint density at radius 3 is 1.52 bits per heavy atom. The fourth-order valence-corrected chi connectivity index (χ4v) is 2.78. The Hall–Kier alpha value is -4.54. The third-order valence-electron chi connectivity index (χ3n) is 4.06. The van der Waals surface area contributed by atoms with Crippen LogP contribution in [0.4, 0.5) is 0 Å². The molecule has 11 nitrogen and oxygen atoms in total. The number of hydrogen-bond acceptors (Lipinski definition) is 7. The van der Waals surface area contributed by atoms with Crippen molar-refractivity contribution >= 4 is 45.9 Å². The monoisotopic (exact) mass is 394 g/mol. The van der Waals surface area contributed by atoms with Crippen molar-refractivity contribution in [2.24, 2.45) is 0 Å². The molecule has 0 aliphatic rings. The lowest BCUT2D eigenvalue weighted by atomic mass is 10.2. The minimum atomic E-state index is -1.23. The first-order valence-corrected chi connectivity index (χ1v) is 8.05. The Kier molecular flexibility index (Phi) is 4.04. The fourth-order valence-electron chi connectivity index (χ4n) is 2.78. The van der Waals surface area contributed by atoms with Crippen molar-refractivity contribution < 1.29 is 34.1 Å². The third-order valence-corrected chi connectivity index (χ3v) is 4.06. The molecule has 0 amide bonds. The number of carboxylic acid groups (broad SMARTS) is 2.